The van der Waals surface area contributed by atoms with Crippen molar-refractivity contribution < 1.29 is 19.4 Å². The molecule has 0 radical (unpaired) electrons. The Kier molecular flexibility index (Phi) is 4.19. The molecule has 4 nitrogen and oxygen atoms in total. The fourth-order valence-corrected chi connectivity index (χ4v) is 1.30. The number of methoxy groups -OCH3 is 1. The lowest BCUT2D eigenvalue weighted by Gasteiger charge is -2.09. The number of hydrogen-bond acceptors (Lipinski definition) is 4. The second-order valence-electron chi connectivity index (χ2n) is 3.45. The van der Waals surface area contributed by atoms with Crippen LogP contribution in [0.5, 0.6) is 5.75 Å². The molecule has 86 valence electrons. The second-order valence-corrected chi connectivity index (χ2v) is 3.45. The number of Topliss-reactive ketones (excluding diaryl/α,β-unsaturated/α-hetero) is 2. The molecule has 1 unspecified atom stereocenters. The van der Waals surface area contributed by atoms with E-state index >= 15 is 0 Å². The number of carbonyl (C=O) groups excluding carboxylic acids is 2. The van der Waals surface area contributed by atoms with E-state index in [1.54, 1.807) is 24.3 Å². The van der Waals surface area contributed by atoms with Crippen LogP contribution in [0.4, 0.5) is 0 Å². The molecule has 0 saturated carbocycles. The third-order valence-electron chi connectivity index (χ3n) is 2.26. The molecule has 0 aliphatic heterocycles. The number of aliphatic hydroxyl groups is 1. The molecule has 0 amide bonds. The first-order valence-electron chi connectivity index (χ1n) is 4.91. The molecule has 1 aromatic rings. The van der Waals surface area contributed by atoms with Gasteiger partial charge in [0, 0.05) is 6.42 Å². The lowest BCUT2D eigenvalue weighted by atomic mass is 10.0. The van der Waals surface area contributed by atoms with Crippen molar-refractivity contribution in [3.05, 3.63) is 29.8 Å². The molecule has 1 rings (SSSR count). The summed E-state index contributed by atoms with van der Waals surface area (Å²) in [5, 5.41) is 9.31. The van der Waals surface area contributed by atoms with E-state index in [-0.39, 0.29) is 12.2 Å². The van der Waals surface area contributed by atoms with Gasteiger partial charge in [0.2, 0.25) is 0 Å². The van der Waals surface area contributed by atoms with Crippen molar-refractivity contribution in [3.8, 4) is 5.75 Å². The van der Waals surface area contributed by atoms with E-state index in [0.29, 0.717) is 11.3 Å². The summed E-state index contributed by atoms with van der Waals surface area (Å²) in [6.07, 6.45) is -1.45. The van der Waals surface area contributed by atoms with Crippen molar-refractivity contribution in [3.63, 3.8) is 0 Å². The Morgan fingerprint density at radius 3 is 2.56 bits per heavy atom. The number of rotatable bonds is 5. The normalized spacial score (nSPS) is 11.9. The predicted molar refractivity (Wildman–Crippen MR) is 58.6 cm³/mol. The summed E-state index contributed by atoms with van der Waals surface area (Å²) in [5.74, 6) is -0.272. The topological polar surface area (TPSA) is 63.6 Å². The molecule has 0 saturated heterocycles. The summed E-state index contributed by atoms with van der Waals surface area (Å²) in [4.78, 5) is 22.6. The maximum atomic E-state index is 11.7. The van der Waals surface area contributed by atoms with Crippen molar-refractivity contribution >= 4 is 11.6 Å². The number of carbonyl (C=O) groups is 2. The zero-order chi connectivity index (χ0) is 12.1. The molecule has 0 fully saturated rings. The molecule has 16 heavy (non-hydrogen) atoms. The summed E-state index contributed by atoms with van der Waals surface area (Å²) in [6, 6.07) is 6.72. The molecule has 0 heterocycles. The Balaban J connectivity index is 2.84. The molecule has 0 aliphatic carbocycles. The molecule has 0 bridgehead atoms. The van der Waals surface area contributed by atoms with Gasteiger partial charge in [-0.2, -0.15) is 0 Å². The van der Waals surface area contributed by atoms with Crippen molar-refractivity contribution in [1.82, 2.24) is 0 Å². The molecule has 0 aromatic heterocycles. The summed E-state index contributed by atoms with van der Waals surface area (Å²) >= 11 is 0. The zero-order valence-corrected chi connectivity index (χ0v) is 9.27. The van der Waals surface area contributed by atoms with Crippen LogP contribution >= 0.6 is 0 Å². The molecule has 0 aliphatic rings. The van der Waals surface area contributed by atoms with E-state index in [1.165, 1.54) is 14.0 Å². The van der Waals surface area contributed by atoms with Gasteiger partial charge in [0.1, 0.15) is 11.9 Å². The average molecular weight is 222 g/mol. The van der Waals surface area contributed by atoms with Crippen LogP contribution in [0.1, 0.15) is 23.7 Å². The minimum Gasteiger partial charge on any atom is -0.496 e. The Bertz CT molecular complexity index is 398. The third kappa shape index (κ3) is 2.90. The van der Waals surface area contributed by atoms with E-state index < -0.39 is 11.9 Å². The lowest BCUT2D eigenvalue weighted by Crippen LogP contribution is -2.21. The molecular weight excluding hydrogens is 208 g/mol. The first-order valence-corrected chi connectivity index (χ1v) is 4.91. The molecule has 1 atom stereocenters. The average Bonchev–Trinajstić information content (AvgIpc) is 2.28. The van der Waals surface area contributed by atoms with Crippen LogP contribution in [0.3, 0.4) is 0 Å². The first-order chi connectivity index (χ1) is 7.56. The Labute approximate surface area is 93.9 Å². The van der Waals surface area contributed by atoms with Crippen molar-refractivity contribution in [2.45, 2.75) is 19.4 Å². The largest absolute Gasteiger partial charge is 0.496 e. The van der Waals surface area contributed by atoms with E-state index in [1.807, 2.05) is 0 Å². The third-order valence-corrected chi connectivity index (χ3v) is 2.26. The molecule has 0 spiro atoms. The molecule has 1 N–H and O–H groups in total. The van der Waals surface area contributed by atoms with Crippen LogP contribution in [0, 0.1) is 0 Å². The highest BCUT2D eigenvalue weighted by Gasteiger charge is 2.18. The van der Waals surface area contributed by atoms with Crippen LogP contribution in [0.25, 0.3) is 0 Å². The van der Waals surface area contributed by atoms with Gasteiger partial charge in [-0.05, 0) is 19.1 Å². The van der Waals surface area contributed by atoms with Crippen LogP contribution in [0.15, 0.2) is 24.3 Å². The molecule has 1 aromatic carbocycles. The number of benzene rings is 1. The maximum absolute atomic E-state index is 11.7. The standard InChI is InChI=1S/C12H14O4/c1-8(13)10(14)7-11(15)9-5-3-4-6-12(9)16-2/h3-6,10,14H,7H2,1-2H3. The van der Waals surface area contributed by atoms with Gasteiger partial charge < -0.3 is 9.84 Å². The van der Waals surface area contributed by atoms with Crippen LogP contribution in [-0.4, -0.2) is 29.9 Å². The first kappa shape index (κ1) is 12.4. The van der Waals surface area contributed by atoms with Gasteiger partial charge in [0.05, 0.1) is 12.7 Å². The minimum atomic E-state index is -1.24. The van der Waals surface area contributed by atoms with Crippen molar-refractivity contribution in [2.24, 2.45) is 0 Å². The molecular formula is C12H14O4. The zero-order valence-electron chi connectivity index (χ0n) is 9.27. The van der Waals surface area contributed by atoms with Gasteiger partial charge in [-0.25, -0.2) is 0 Å². The highest BCUT2D eigenvalue weighted by Crippen LogP contribution is 2.19. The van der Waals surface area contributed by atoms with E-state index in [0.717, 1.165) is 0 Å². The highest BCUT2D eigenvalue weighted by atomic mass is 16.5. The van der Waals surface area contributed by atoms with Gasteiger partial charge in [0.15, 0.2) is 11.6 Å². The van der Waals surface area contributed by atoms with Crippen LogP contribution < -0.4 is 4.74 Å². The van der Waals surface area contributed by atoms with Crippen LogP contribution in [0.2, 0.25) is 0 Å². The number of ether oxygens (including phenoxy) is 1. The summed E-state index contributed by atoms with van der Waals surface area (Å²) < 4.78 is 5.02. The Morgan fingerprint density at radius 2 is 2.00 bits per heavy atom. The maximum Gasteiger partial charge on any atom is 0.169 e. The second kappa shape index (κ2) is 5.42. The van der Waals surface area contributed by atoms with E-state index in [4.69, 9.17) is 4.74 Å². The van der Waals surface area contributed by atoms with Crippen molar-refractivity contribution in [1.29, 1.82) is 0 Å². The number of para-hydroxylation sites is 1. The number of hydrogen-bond donors (Lipinski definition) is 1. The Hall–Kier alpha value is -1.68. The van der Waals surface area contributed by atoms with Gasteiger partial charge in [0.25, 0.3) is 0 Å². The summed E-state index contributed by atoms with van der Waals surface area (Å²) in [6.45, 7) is 1.25. The van der Waals surface area contributed by atoms with Gasteiger partial charge in [-0.1, -0.05) is 12.1 Å². The summed E-state index contributed by atoms with van der Waals surface area (Å²) in [5.41, 5.74) is 0.380. The predicted octanol–water partition coefficient (Wildman–Crippen LogP) is 1.22. The SMILES string of the molecule is COc1ccccc1C(=O)CC(O)C(C)=O. The quantitative estimate of drug-likeness (QED) is 0.761. The van der Waals surface area contributed by atoms with Gasteiger partial charge >= 0.3 is 0 Å². The van der Waals surface area contributed by atoms with Gasteiger partial charge in [-0.15, -0.1) is 0 Å². The van der Waals surface area contributed by atoms with Crippen LogP contribution in [-0.2, 0) is 4.79 Å². The lowest BCUT2D eigenvalue weighted by molar-refractivity contribution is -0.124. The molecule has 4 heteroatoms. The highest BCUT2D eigenvalue weighted by molar-refractivity contribution is 6.01. The Morgan fingerprint density at radius 1 is 1.38 bits per heavy atom. The van der Waals surface area contributed by atoms with Gasteiger partial charge in [-0.3, -0.25) is 9.59 Å². The number of ketones is 2. The summed E-state index contributed by atoms with van der Waals surface area (Å²) in [7, 11) is 1.47. The van der Waals surface area contributed by atoms with Crippen molar-refractivity contribution in [2.75, 3.05) is 7.11 Å². The fourth-order valence-electron chi connectivity index (χ4n) is 1.30. The van der Waals surface area contributed by atoms with E-state index in [9.17, 15) is 14.7 Å². The fraction of sp³-hybridized carbons (Fsp3) is 0.333. The number of aliphatic hydroxyl groups excluding tert-OH is 1. The smallest absolute Gasteiger partial charge is 0.169 e. The van der Waals surface area contributed by atoms with E-state index in [2.05, 4.69) is 0 Å². The monoisotopic (exact) mass is 222 g/mol. The minimum absolute atomic E-state index is 0.213.